The molecule has 1 N–H and O–H groups in total. The fourth-order valence-electron chi connectivity index (χ4n) is 3.54. The Labute approximate surface area is 168 Å². The van der Waals surface area contributed by atoms with Gasteiger partial charge in [-0.2, -0.15) is 0 Å². The minimum Gasteiger partial charge on any atom is -0.481 e. The molecule has 4 nitrogen and oxygen atoms in total. The van der Waals surface area contributed by atoms with Crippen LogP contribution in [-0.4, -0.2) is 30.0 Å². The van der Waals surface area contributed by atoms with E-state index in [2.05, 4.69) is 48.3 Å². The number of hydrogen-bond acceptors (Lipinski definition) is 3. The first-order chi connectivity index (χ1) is 13.5. The SMILES string of the molecule is CC[C@H](Oc1ccc(C)c(C)c1)C(=O)NCc1ccc(CN2CCCC2)cc1. The summed E-state index contributed by atoms with van der Waals surface area (Å²) in [6.45, 7) is 10.0. The Morgan fingerprint density at radius 1 is 1.04 bits per heavy atom. The van der Waals surface area contributed by atoms with Crippen molar-refractivity contribution in [3.63, 3.8) is 0 Å². The molecule has 1 heterocycles. The van der Waals surface area contributed by atoms with Gasteiger partial charge >= 0.3 is 0 Å². The van der Waals surface area contributed by atoms with E-state index in [-0.39, 0.29) is 5.91 Å². The quantitative estimate of drug-likeness (QED) is 0.739. The summed E-state index contributed by atoms with van der Waals surface area (Å²) >= 11 is 0. The van der Waals surface area contributed by atoms with Crippen LogP contribution in [0.2, 0.25) is 0 Å². The Morgan fingerprint density at radius 2 is 1.71 bits per heavy atom. The maximum absolute atomic E-state index is 12.6. The number of benzene rings is 2. The summed E-state index contributed by atoms with van der Waals surface area (Å²) in [6.07, 6.45) is 2.78. The predicted molar refractivity (Wildman–Crippen MR) is 113 cm³/mol. The maximum atomic E-state index is 12.6. The Morgan fingerprint density at radius 3 is 2.36 bits per heavy atom. The van der Waals surface area contributed by atoms with Crippen LogP contribution in [-0.2, 0) is 17.9 Å². The van der Waals surface area contributed by atoms with Crippen molar-refractivity contribution in [2.24, 2.45) is 0 Å². The first-order valence-electron chi connectivity index (χ1n) is 10.4. The van der Waals surface area contributed by atoms with E-state index in [0.29, 0.717) is 13.0 Å². The zero-order chi connectivity index (χ0) is 19.9. The predicted octanol–water partition coefficient (Wildman–Crippen LogP) is 4.37. The number of likely N-dealkylation sites (tertiary alicyclic amines) is 1. The Hall–Kier alpha value is -2.33. The van der Waals surface area contributed by atoms with Crippen molar-refractivity contribution >= 4 is 5.91 Å². The van der Waals surface area contributed by atoms with Crippen LogP contribution in [0.4, 0.5) is 0 Å². The van der Waals surface area contributed by atoms with Gasteiger partial charge in [0.1, 0.15) is 5.75 Å². The van der Waals surface area contributed by atoms with Crippen LogP contribution in [0.1, 0.15) is 48.4 Å². The topological polar surface area (TPSA) is 41.6 Å². The molecule has 1 saturated heterocycles. The minimum atomic E-state index is -0.475. The van der Waals surface area contributed by atoms with Gasteiger partial charge in [-0.15, -0.1) is 0 Å². The molecule has 28 heavy (non-hydrogen) atoms. The van der Waals surface area contributed by atoms with Gasteiger partial charge in [-0.05, 0) is 80.6 Å². The highest BCUT2D eigenvalue weighted by atomic mass is 16.5. The van der Waals surface area contributed by atoms with Crippen LogP contribution in [0.15, 0.2) is 42.5 Å². The van der Waals surface area contributed by atoms with Crippen molar-refractivity contribution in [3.05, 3.63) is 64.7 Å². The lowest BCUT2D eigenvalue weighted by Gasteiger charge is -2.18. The molecule has 150 valence electrons. The highest BCUT2D eigenvalue weighted by Gasteiger charge is 2.18. The number of amides is 1. The molecule has 0 saturated carbocycles. The van der Waals surface area contributed by atoms with Gasteiger partial charge in [0.15, 0.2) is 6.10 Å². The zero-order valence-electron chi connectivity index (χ0n) is 17.3. The van der Waals surface area contributed by atoms with Crippen molar-refractivity contribution in [2.75, 3.05) is 13.1 Å². The van der Waals surface area contributed by atoms with Crippen LogP contribution in [0.3, 0.4) is 0 Å². The lowest BCUT2D eigenvalue weighted by molar-refractivity contribution is -0.128. The van der Waals surface area contributed by atoms with Gasteiger partial charge in [-0.25, -0.2) is 0 Å². The first-order valence-corrected chi connectivity index (χ1v) is 10.4. The molecular formula is C24H32N2O2. The number of hydrogen-bond donors (Lipinski definition) is 1. The van der Waals surface area contributed by atoms with E-state index in [0.717, 1.165) is 17.9 Å². The minimum absolute atomic E-state index is 0.0677. The molecule has 2 aromatic rings. The number of aryl methyl sites for hydroxylation is 2. The summed E-state index contributed by atoms with van der Waals surface area (Å²) in [7, 11) is 0. The maximum Gasteiger partial charge on any atom is 0.261 e. The van der Waals surface area contributed by atoms with E-state index < -0.39 is 6.10 Å². The number of ether oxygens (including phenoxy) is 1. The highest BCUT2D eigenvalue weighted by Crippen LogP contribution is 2.19. The summed E-state index contributed by atoms with van der Waals surface area (Å²) in [5.41, 5.74) is 4.83. The van der Waals surface area contributed by atoms with Gasteiger partial charge in [0, 0.05) is 13.1 Å². The van der Waals surface area contributed by atoms with E-state index in [1.807, 2.05) is 25.1 Å². The van der Waals surface area contributed by atoms with Gasteiger partial charge in [-0.3, -0.25) is 9.69 Å². The second-order valence-corrected chi connectivity index (χ2v) is 7.78. The largest absolute Gasteiger partial charge is 0.481 e. The van der Waals surface area contributed by atoms with Crippen molar-refractivity contribution in [1.29, 1.82) is 0 Å². The molecule has 4 heteroatoms. The third-order valence-electron chi connectivity index (χ3n) is 5.51. The smallest absolute Gasteiger partial charge is 0.261 e. The van der Waals surface area contributed by atoms with E-state index in [4.69, 9.17) is 4.74 Å². The van der Waals surface area contributed by atoms with E-state index in [1.54, 1.807) is 0 Å². The van der Waals surface area contributed by atoms with Gasteiger partial charge in [0.2, 0.25) is 0 Å². The third-order valence-corrected chi connectivity index (χ3v) is 5.51. The Bertz CT molecular complexity index is 780. The van der Waals surface area contributed by atoms with Crippen molar-refractivity contribution in [3.8, 4) is 5.75 Å². The number of nitrogens with one attached hydrogen (secondary N) is 1. The van der Waals surface area contributed by atoms with Crippen LogP contribution in [0.5, 0.6) is 5.75 Å². The Kier molecular flexibility index (Phi) is 7.10. The average molecular weight is 381 g/mol. The summed E-state index contributed by atoms with van der Waals surface area (Å²) in [6, 6.07) is 14.5. The molecular weight excluding hydrogens is 348 g/mol. The lowest BCUT2D eigenvalue weighted by Crippen LogP contribution is -2.37. The van der Waals surface area contributed by atoms with Gasteiger partial charge in [0.25, 0.3) is 5.91 Å². The zero-order valence-corrected chi connectivity index (χ0v) is 17.3. The summed E-state index contributed by atoms with van der Waals surface area (Å²) in [5.74, 6) is 0.679. The molecule has 0 bridgehead atoms. The van der Waals surface area contributed by atoms with E-state index in [1.165, 1.54) is 42.6 Å². The standard InChI is InChI=1S/C24H32N2O2/c1-4-23(28-22-12-7-18(2)19(3)15-22)24(27)25-16-20-8-10-21(11-9-20)17-26-13-5-6-14-26/h7-12,15,23H,4-6,13-14,16-17H2,1-3H3,(H,25,27)/t23-/m0/s1. The van der Waals surface area contributed by atoms with Crippen LogP contribution < -0.4 is 10.1 Å². The van der Waals surface area contributed by atoms with E-state index in [9.17, 15) is 4.79 Å². The van der Waals surface area contributed by atoms with Crippen molar-refractivity contribution in [2.45, 2.75) is 59.2 Å². The second kappa shape index (κ2) is 9.74. The number of rotatable bonds is 8. The van der Waals surface area contributed by atoms with Crippen LogP contribution in [0.25, 0.3) is 0 Å². The Balaban J connectivity index is 1.50. The van der Waals surface area contributed by atoms with Crippen molar-refractivity contribution in [1.82, 2.24) is 10.2 Å². The molecule has 0 unspecified atom stereocenters. The first kappa shape index (κ1) is 20.4. The average Bonchev–Trinajstić information content (AvgIpc) is 3.21. The van der Waals surface area contributed by atoms with Crippen LogP contribution >= 0.6 is 0 Å². The molecule has 0 radical (unpaired) electrons. The fourth-order valence-corrected chi connectivity index (χ4v) is 3.54. The third kappa shape index (κ3) is 5.59. The van der Waals surface area contributed by atoms with Crippen molar-refractivity contribution < 1.29 is 9.53 Å². The number of nitrogens with zero attached hydrogens (tertiary/aromatic N) is 1. The van der Waals surface area contributed by atoms with Gasteiger partial charge in [0.05, 0.1) is 0 Å². The molecule has 2 aromatic carbocycles. The summed E-state index contributed by atoms with van der Waals surface area (Å²) in [4.78, 5) is 15.1. The molecule has 1 aliphatic rings. The second-order valence-electron chi connectivity index (χ2n) is 7.78. The molecule has 1 fully saturated rings. The molecule has 1 aliphatic heterocycles. The lowest BCUT2D eigenvalue weighted by atomic mass is 10.1. The highest BCUT2D eigenvalue weighted by molar-refractivity contribution is 5.81. The number of carbonyl (C=O) groups is 1. The molecule has 1 amide bonds. The fraction of sp³-hybridized carbons (Fsp3) is 0.458. The molecule has 0 aromatic heterocycles. The molecule has 0 spiro atoms. The molecule has 1 atom stereocenters. The van der Waals surface area contributed by atoms with E-state index >= 15 is 0 Å². The molecule has 0 aliphatic carbocycles. The number of carbonyl (C=O) groups excluding carboxylic acids is 1. The summed E-state index contributed by atoms with van der Waals surface area (Å²) < 4.78 is 5.93. The van der Waals surface area contributed by atoms with Gasteiger partial charge < -0.3 is 10.1 Å². The summed E-state index contributed by atoms with van der Waals surface area (Å²) in [5, 5.41) is 3.01. The van der Waals surface area contributed by atoms with Crippen LogP contribution in [0, 0.1) is 13.8 Å². The van der Waals surface area contributed by atoms with Gasteiger partial charge in [-0.1, -0.05) is 37.3 Å². The molecule has 3 rings (SSSR count). The monoisotopic (exact) mass is 380 g/mol. The normalized spacial score (nSPS) is 15.4.